The predicted molar refractivity (Wildman–Crippen MR) is 40.9 cm³/mol. The molecule has 0 aromatic rings. The van der Waals surface area contributed by atoms with Crippen LogP contribution in [0.15, 0.2) is 0 Å². The Morgan fingerprint density at radius 1 is 1.36 bits per heavy atom. The quantitative estimate of drug-likeness (QED) is 0.440. The van der Waals surface area contributed by atoms with Crippen molar-refractivity contribution in [2.45, 2.75) is 25.7 Å². The molecule has 5 N–H and O–H groups in total. The van der Waals surface area contributed by atoms with Crippen LogP contribution in [0.5, 0.6) is 0 Å². The highest BCUT2D eigenvalue weighted by atomic mass is 31.2. The Kier molecular flexibility index (Phi) is 3.67. The molecule has 0 heterocycles. The van der Waals surface area contributed by atoms with Gasteiger partial charge in [-0.2, -0.15) is 0 Å². The molecule has 0 spiro atoms. The van der Waals surface area contributed by atoms with Gasteiger partial charge in [-0.3, -0.25) is 4.57 Å². The van der Waals surface area contributed by atoms with Crippen molar-refractivity contribution >= 4 is 7.60 Å². The SMILES string of the molecule is CC(O)C(C)C(N)P(=O)(O)O. The first-order valence-corrected chi connectivity index (χ1v) is 4.94. The van der Waals surface area contributed by atoms with Crippen molar-refractivity contribution in [2.24, 2.45) is 11.7 Å². The van der Waals surface area contributed by atoms with Crippen molar-refractivity contribution in [2.75, 3.05) is 0 Å². The van der Waals surface area contributed by atoms with Crippen molar-refractivity contribution in [3.8, 4) is 0 Å². The minimum absolute atomic E-state index is 0.601. The van der Waals surface area contributed by atoms with Crippen molar-refractivity contribution in [3.63, 3.8) is 0 Å². The molecule has 0 aromatic carbocycles. The van der Waals surface area contributed by atoms with Gasteiger partial charge in [-0.1, -0.05) is 6.92 Å². The highest BCUT2D eigenvalue weighted by Gasteiger charge is 2.32. The average molecular weight is 183 g/mol. The maximum atomic E-state index is 10.5. The second-order valence-corrected chi connectivity index (χ2v) is 4.45. The maximum absolute atomic E-state index is 10.5. The smallest absolute Gasteiger partial charge is 0.342 e. The molecule has 3 unspecified atom stereocenters. The van der Waals surface area contributed by atoms with Gasteiger partial charge in [0.1, 0.15) is 5.78 Å². The summed E-state index contributed by atoms with van der Waals surface area (Å²) in [4.78, 5) is 17.2. The topological polar surface area (TPSA) is 104 Å². The fraction of sp³-hybridized carbons (Fsp3) is 1.00. The van der Waals surface area contributed by atoms with E-state index in [1.54, 1.807) is 0 Å². The molecule has 0 aliphatic heterocycles. The van der Waals surface area contributed by atoms with Gasteiger partial charge in [0, 0.05) is 5.92 Å². The van der Waals surface area contributed by atoms with E-state index in [1.165, 1.54) is 13.8 Å². The maximum Gasteiger partial charge on any atom is 0.342 e. The van der Waals surface area contributed by atoms with Crippen LogP contribution in [0.3, 0.4) is 0 Å². The molecule has 0 saturated heterocycles. The lowest BCUT2D eigenvalue weighted by Gasteiger charge is -2.22. The molecule has 6 heteroatoms. The Morgan fingerprint density at radius 2 is 1.73 bits per heavy atom. The third-order valence-corrected chi connectivity index (χ3v) is 2.94. The van der Waals surface area contributed by atoms with Gasteiger partial charge >= 0.3 is 7.60 Å². The number of nitrogens with two attached hydrogens (primary N) is 1. The van der Waals surface area contributed by atoms with Crippen LogP contribution in [-0.2, 0) is 4.57 Å². The van der Waals surface area contributed by atoms with Crippen LogP contribution in [0, 0.1) is 5.92 Å². The van der Waals surface area contributed by atoms with Gasteiger partial charge in [-0.25, -0.2) is 0 Å². The fourth-order valence-corrected chi connectivity index (χ4v) is 1.45. The molecule has 0 rings (SSSR count). The molecule has 0 aromatic heterocycles. The molecule has 3 atom stereocenters. The zero-order valence-corrected chi connectivity index (χ0v) is 7.40. The van der Waals surface area contributed by atoms with Crippen LogP contribution < -0.4 is 5.73 Å². The molecule has 0 aliphatic carbocycles. The van der Waals surface area contributed by atoms with E-state index in [1.807, 2.05) is 0 Å². The lowest BCUT2D eigenvalue weighted by molar-refractivity contribution is 0.127. The molecular formula is C5H14NO4P. The highest BCUT2D eigenvalue weighted by molar-refractivity contribution is 7.52. The number of hydrogen-bond donors (Lipinski definition) is 4. The lowest BCUT2D eigenvalue weighted by atomic mass is 10.1. The number of rotatable bonds is 3. The van der Waals surface area contributed by atoms with Crippen molar-refractivity contribution < 1.29 is 19.5 Å². The van der Waals surface area contributed by atoms with E-state index in [9.17, 15) is 4.57 Å². The Hall–Kier alpha value is 0.0700. The molecule has 0 fully saturated rings. The molecule has 0 saturated carbocycles. The van der Waals surface area contributed by atoms with E-state index in [2.05, 4.69) is 0 Å². The molecule has 11 heavy (non-hydrogen) atoms. The van der Waals surface area contributed by atoms with Crippen LogP contribution in [-0.4, -0.2) is 26.8 Å². The Bertz CT molecular complexity index is 166. The summed E-state index contributed by atoms with van der Waals surface area (Å²) in [6.07, 6.45) is -0.808. The molecule has 68 valence electrons. The zero-order valence-electron chi connectivity index (χ0n) is 6.51. The standard InChI is InChI=1S/C5H14NO4P/c1-3(4(2)7)5(6)11(8,9)10/h3-5,7H,6H2,1-2H3,(H2,8,9,10). The Balaban J connectivity index is 4.26. The van der Waals surface area contributed by atoms with Gasteiger partial charge in [0.25, 0.3) is 0 Å². The van der Waals surface area contributed by atoms with E-state index in [-0.39, 0.29) is 0 Å². The highest BCUT2D eigenvalue weighted by Crippen LogP contribution is 2.42. The summed E-state index contributed by atoms with van der Waals surface area (Å²) in [6.45, 7) is 2.94. The summed E-state index contributed by atoms with van der Waals surface area (Å²) >= 11 is 0. The van der Waals surface area contributed by atoms with Crippen LogP contribution in [0.4, 0.5) is 0 Å². The monoisotopic (exact) mass is 183 g/mol. The molecule has 0 amide bonds. The summed E-state index contributed by atoms with van der Waals surface area (Å²) in [6, 6.07) is 0. The van der Waals surface area contributed by atoms with E-state index < -0.39 is 25.4 Å². The van der Waals surface area contributed by atoms with Crippen molar-refractivity contribution in [1.29, 1.82) is 0 Å². The van der Waals surface area contributed by atoms with Gasteiger partial charge in [-0.05, 0) is 6.92 Å². The molecule has 0 bridgehead atoms. The first-order chi connectivity index (χ1) is 4.76. The third kappa shape index (κ3) is 3.31. The summed E-state index contributed by atoms with van der Waals surface area (Å²) < 4.78 is 10.5. The van der Waals surface area contributed by atoms with E-state index in [4.69, 9.17) is 20.6 Å². The fourth-order valence-electron chi connectivity index (χ4n) is 0.592. The van der Waals surface area contributed by atoms with Crippen LogP contribution >= 0.6 is 7.60 Å². The van der Waals surface area contributed by atoms with Crippen LogP contribution in [0.2, 0.25) is 0 Å². The Morgan fingerprint density at radius 3 is 1.82 bits per heavy atom. The van der Waals surface area contributed by atoms with Gasteiger partial charge in [0.05, 0.1) is 6.10 Å². The van der Waals surface area contributed by atoms with Gasteiger partial charge < -0.3 is 20.6 Å². The second kappa shape index (κ2) is 3.65. The summed E-state index contributed by atoms with van der Waals surface area (Å²) in [5.41, 5.74) is 5.17. The largest absolute Gasteiger partial charge is 0.393 e. The third-order valence-electron chi connectivity index (χ3n) is 1.69. The van der Waals surface area contributed by atoms with Gasteiger partial charge in [0.2, 0.25) is 0 Å². The molecule has 5 nitrogen and oxygen atoms in total. The van der Waals surface area contributed by atoms with E-state index in [0.29, 0.717) is 0 Å². The first-order valence-electron chi connectivity index (χ1n) is 3.25. The second-order valence-electron chi connectivity index (χ2n) is 2.68. The molecule has 0 aliphatic rings. The molecular weight excluding hydrogens is 169 g/mol. The number of aliphatic hydroxyl groups is 1. The average Bonchev–Trinajstić information content (AvgIpc) is 1.82. The predicted octanol–water partition coefficient (Wildman–Crippen LogP) is -0.534. The van der Waals surface area contributed by atoms with Gasteiger partial charge in [-0.15, -0.1) is 0 Å². The lowest BCUT2D eigenvalue weighted by Crippen LogP contribution is -2.34. The van der Waals surface area contributed by atoms with Crippen molar-refractivity contribution in [3.05, 3.63) is 0 Å². The number of aliphatic hydroxyl groups excluding tert-OH is 1. The van der Waals surface area contributed by atoms with Crippen molar-refractivity contribution in [1.82, 2.24) is 0 Å². The summed E-state index contributed by atoms with van der Waals surface area (Å²) in [5.74, 6) is -1.88. The number of hydrogen-bond acceptors (Lipinski definition) is 3. The van der Waals surface area contributed by atoms with E-state index in [0.717, 1.165) is 0 Å². The first kappa shape index (κ1) is 11.1. The zero-order chi connectivity index (χ0) is 9.23. The van der Waals surface area contributed by atoms with Gasteiger partial charge in [0.15, 0.2) is 0 Å². The van der Waals surface area contributed by atoms with Crippen LogP contribution in [0.25, 0.3) is 0 Å². The minimum Gasteiger partial charge on any atom is -0.393 e. The summed E-state index contributed by atoms with van der Waals surface area (Å²) in [5, 5.41) is 8.93. The van der Waals surface area contributed by atoms with Crippen LogP contribution in [0.1, 0.15) is 13.8 Å². The molecule has 0 radical (unpaired) electrons. The summed E-state index contributed by atoms with van der Waals surface area (Å²) in [7, 11) is -4.25. The normalized spacial score (nSPS) is 20.9. The minimum atomic E-state index is -4.25. The van der Waals surface area contributed by atoms with E-state index >= 15 is 0 Å². The Labute approximate surface area is 65.4 Å².